The van der Waals surface area contributed by atoms with Gasteiger partial charge in [-0.1, -0.05) is 37.8 Å². The Morgan fingerprint density at radius 3 is 2.23 bits per heavy atom. The maximum Gasteiger partial charge on any atom is 0.201 e. The number of hydrogen-bond donors (Lipinski definition) is 0. The molecule has 3 rings (SSSR count). The summed E-state index contributed by atoms with van der Waals surface area (Å²) < 4.78 is 33.0. The average Bonchev–Trinajstić information content (AvgIpc) is 2.65. The molecule has 0 aromatic heterocycles. The SMILES string of the molecule is C.C=CCC1CCC(c2ccc(-c3ccc(OC)c(F)c3F)cc2)CC1. The normalized spacial score (nSPS) is 19.5. The summed E-state index contributed by atoms with van der Waals surface area (Å²) in [5.74, 6) is -0.548. The lowest BCUT2D eigenvalue weighted by molar-refractivity contribution is 0.328. The Bertz CT molecular complexity index is 729. The zero-order chi connectivity index (χ0) is 17.8. The van der Waals surface area contributed by atoms with Crippen LogP contribution < -0.4 is 4.74 Å². The molecule has 26 heavy (non-hydrogen) atoms. The van der Waals surface area contributed by atoms with Gasteiger partial charge < -0.3 is 4.74 Å². The van der Waals surface area contributed by atoms with Crippen molar-refractivity contribution >= 4 is 0 Å². The van der Waals surface area contributed by atoms with Crippen molar-refractivity contribution in [1.82, 2.24) is 0 Å². The minimum Gasteiger partial charge on any atom is -0.494 e. The molecular weight excluding hydrogens is 330 g/mol. The molecule has 1 aliphatic carbocycles. The zero-order valence-electron chi connectivity index (χ0n) is 14.6. The summed E-state index contributed by atoms with van der Waals surface area (Å²) >= 11 is 0. The van der Waals surface area contributed by atoms with Gasteiger partial charge in [0.05, 0.1) is 7.11 Å². The first-order valence-corrected chi connectivity index (χ1v) is 8.87. The monoisotopic (exact) mass is 358 g/mol. The zero-order valence-corrected chi connectivity index (χ0v) is 14.6. The van der Waals surface area contributed by atoms with Crippen LogP contribution in [0.2, 0.25) is 0 Å². The molecule has 0 heterocycles. The predicted molar refractivity (Wildman–Crippen MR) is 105 cm³/mol. The first-order chi connectivity index (χ1) is 12.1. The van der Waals surface area contributed by atoms with E-state index in [4.69, 9.17) is 4.74 Å². The molecule has 2 aromatic rings. The summed E-state index contributed by atoms with van der Waals surface area (Å²) in [4.78, 5) is 0. The van der Waals surface area contributed by atoms with E-state index in [2.05, 4.69) is 18.7 Å². The van der Waals surface area contributed by atoms with Crippen molar-refractivity contribution in [2.24, 2.45) is 5.92 Å². The Balaban J connectivity index is 0.00000243. The summed E-state index contributed by atoms with van der Waals surface area (Å²) in [5.41, 5.74) is 2.23. The highest BCUT2D eigenvalue weighted by Crippen LogP contribution is 2.38. The van der Waals surface area contributed by atoms with Crippen molar-refractivity contribution in [3.63, 3.8) is 0 Å². The maximum atomic E-state index is 14.2. The second-order valence-corrected chi connectivity index (χ2v) is 6.81. The lowest BCUT2D eigenvalue weighted by Crippen LogP contribution is -2.12. The van der Waals surface area contributed by atoms with Gasteiger partial charge in [0, 0.05) is 5.56 Å². The van der Waals surface area contributed by atoms with Crippen LogP contribution in [0.15, 0.2) is 49.1 Å². The molecule has 2 aromatic carbocycles. The summed E-state index contributed by atoms with van der Waals surface area (Å²) in [7, 11) is 1.33. The van der Waals surface area contributed by atoms with Crippen molar-refractivity contribution in [2.45, 2.75) is 45.4 Å². The van der Waals surface area contributed by atoms with Gasteiger partial charge in [-0.2, -0.15) is 4.39 Å². The highest BCUT2D eigenvalue weighted by Gasteiger charge is 2.22. The molecule has 0 unspecified atom stereocenters. The lowest BCUT2D eigenvalue weighted by Gasteiger charge is -2.28. The summed E-state index contributed by atoms with van der Waals surface area (Å²) in [5, 5.41) is 0. The predicted octanol–water partition coefficient (Wildman–Crippen LogP) is 7.13. The summed E-state index contributed by atoms with van der Waals surface area (Å²) in [6.45, 7) is 3.83. The van der Waals surface area contributed by atoms with E-state index in [0.717, 1.165) is 12.3 Å². The standard InChI is InChI=1S/C22H24F2O.CH4/c1-3-4-15-5-7-16(8-6-15)17-9-11-18(12-10-17)19-13-14-20(25-2)22(24)21(19)23;/h3,9-16H,1,4-8H2,2H3;1H4. The fraction of sp³-hybridized carbons (Fsp3) is 0.391. The van der Waals surface area contributed by atoms with Crippen molar-refractivity contribution in [2.75, 3.05) is 7.11 Å². The van der Waals surface area contributed by atoms with Crippen LogP contribution in [0, 0.1) is 17.6 Å². The number of halogens is 2. The number of methoxy groups -OCH3 is 1. The van der Waals surface area contributed by atoms with E-state index in [1.54, 1.807) is 6.07 Å². The molecule has 0 radical (unpaired) electrons. The van der Waals surface area contributed by atoms with Crippen LogP contribution >= 0.6 is 0 Å². The van der Waals surface area contributed by atoms with Crippen molar-refractivity contribution in [3.05, 3.63) is 66.3 Å². The maximum absolute atomic E-state index is 14.2. The molecule has 0 aliphatic heterocycles. The first-order valence-electron chi connectivity index (χ1n) is 8.87. The Morgan fingerprint density at radius 1 is 1.00 bits per heavy atom. The lowest BCUT2D eigenvalue weighted by atomic mass is 9.77. The Morgan fingerprint density at radius 2 is 1.65 bits per heavy atom. The minimum absolute atomic E-state index is 0. The fourth-order valence-corrected chi connectivity index (χ4v) is 3.81. The number of hydrogen-bond acceptors (Lipinski definition) is 1. The summed E-state index contributed by atoms with van der Waals surface area (Å²) in [6.07, 6.45) is 7.95. The van der Waals surface area contributed by atoms with Gasteiger partial charge in [0.25, 0.3) is 0 Å². The number of allylic oxidation sites excluding steroid dienone is 1. The quantitative estimate of drug-likeness (QED) is 0.517. The summed E-state index contributed by atoms with van der Waals surface area (Å²) in [6, 6.07) is 10.9. The van der Waals surface area contributed by atoms with Gasteiger partial charge in [-0.05, 0) is 67.2 Å². The molecule has 0 atom stereocenters. The fourth-order valence-electron chi connectivity index (χ4n) is 3.81. The van der Waals surface area contributed by atoms with Gasteiger partial charge >= 0.3 is 0 Å². The van der Waals surface area contributed by atoms with E-state index in [1.165, 1.54) is 44.4 Å². The molecule has 1 saturated carbocycles. The Labute approximate surface area is 155 Å². The molecule has 0 saturated heterocycles. The molecule has 1 aliphatic rings. The van der Waals surface area contributed by atoms with E-state index in [0.29, 0.717) is 11.5 Å². The molecular formula is C23H28F2O. The van der Waals surface area contributed by atoms with Crippen LogP contribution in [0.1, 0.15) is 51.0 Å². The van der Waals surface area contributed by atoms with Crippen LogP contribution in [-0.4, -0.2) is 7.11 Å². The molecule has 140 valence electrons. The van der Waals surface area contributed by atoms with Crippen molar-refractivity contribution in [1.29, 1.82) is 0 Å². The second-order valence-electron chi connectivity index (χ2n) is 6.81. The van der Waals surface area contributed by atoms with Gasteiger partial charge in [-0.15, -0.1) is 6.58 Å². The van der Waals surface area contributed by atoms with Crippen LogP contribution in [0.25, 0.3) is 11.1 Å². The van der Waals surface area contributed by atoms with E-state index in [9.17, 15) is 8.78 Å². The smallest absolute Gasteiger partial charge is 0.201 e. The number of benzene rings is 2. The van der Waals surface area contributed by atoms with Gasteiger partial charge in [0.2, 0.25) is 5.82 Å². The van der Waals surface area contributed by atoms with E-state index in [-0.39, 0.29) is 18.7 Å². The van der Waals surface area contributed by atoms with Crippen molar-refractivity contribution < 1.29 is 13.5 Å². The highest BCUT2D eigenvalue weighted by atomic mass is 19.2. The topological polar surface area (TPSA) is 9.23 Å². The van der Waals surface area contributed by atoms with Crippen LogP contribution in [0.4, 0.5) is 8.78 Å². The van der Waals surface area contributed by atoms with E-state index < -0.39 is 11.6 Å². The third kappa shape index (κ3) is 4.14. The molecule has 0 spiro atoms. The van der Waals surface area contributed by atoms with E-state index >= 15 is 0 Å². The molecule has 0 bridgehead atoms. The Kier molecular flexibility index (Phi) is 6.96. The molecule has 1 nitrogen and oxygen atoms in total. The molecule has 1 fully saturated rings. The largest absolute Gasteiger partial charge is 0.494 e. The average molecular weight is 358 g/mol. The van der Waals surface area contributed by atoms with Gasteiger partial charge in [-0.25, -0.2) is 4.39 Å². The van der Waals surface area contributed by atoms with Gasteiger partial charge in [-0.3, -0.25) is 0 Å². The van der Waals surface area contributed by atoms with Gasteiger partial charge in [0.15, 0.2) is 11.6 Å². The van der Waals surface area contributed by atoms with Crippen LogP contribution in [0.5, 0.6) is 5.75 Å². The minimum atomic E-state index is -0.940. The van der Waals surface area contributed by atoms with Crippen molar-refractivity contribution in [3.8, 4) is 16.9 Å². The highest BCUT2D eigenvalue weighted by molar-refractivity contribution is 5.65. The van der Waals surface area contributed by atoms with Crippen LogP contribution in [0.3, 0.4) is 0 Å². The molecule has 0 amide bonds. The third-order valence-electron chi connectivity index (χ3n) is 5.31. The van der Waals surface area contributed by atoms with Crippen LogP contribution in [-0.2, 0) is 0 Å². The van der Waals surface area contributed by atoms with Gasteiger partial charge in [0.1, 0.15) is 0 Å². The van der Waals surface area contributed by atoms with E-state index in [1.807, 2.05) is 18.2 Å². The first kappa shape index (κ1) is 20.2. The molecule has 0 N–H and O–H groups in total. The Hall–Kier alpha value is -2.16. The second kappa shape index (κ2) is 8.98. The molecule has 3 heteroatoms. The number of rotatable bonds is 5. The number of ether oxygens (including phenoxy) is 1. The third-order valence-corrected chi connectivity index (χ3v) is 5.31.